The van der Waals surface area contributed by atoms with Gasteiger partial charge in [0, 0.05) is 22.2 Å². The van der Waals surface area contributed by atoms with E-state index < -0.39 is 0 Å². The van der Waals surface area contributed by atoms with E-state index in [0.717, 1.165) is 5.56 Å². The molecule has 3 aromatic rings. The highest BCUT2D eigenvalue weighted by atomic mass is 19.1. The molecule has 0 spiro atoms. The number of ketones is 1. The summed E-state index contributed by atoms with van der Waals surface area (Å²) in [5, 5.41) is 1.06. The van der Waals surface area contributed by atoms with Gasteiger partial charge in [0.05, 0.1) is 0 Å². The molecule has 0 atom stereocenters. The second kappa shape index (κ2) is 5.02. The van der Waals surface area contributed by atoms with Gasteiger partial charge in [-0.05, 0) is 42.1 Å². The minimum atomic E-state index is -0.327. The van der Waals surface area contributed by atoms with Gasteiger partial charge in [-0.15, -0.1) is 0 Å². The fourth-order valence-electron chi connectivity index (χ4n) is 2.49. The van der Waals surface area contributed by atoms with E-state index in [0.29, 0.717) is 27.6 Å². The third-order valence-electron chi connectivity index (χ3n) is 3.62. The number of benzene rings is 3. The summed E-state index contributed by atoms with van der Waals surface area (Å²) in [5.41, 5.74) is 8.19. The van der Waals surface area contributed by atoms with Crippen LogP contribution in [0.3, 0.4) is 0 Å². The molecule has 0 aliphatic rings. The minimum Gasteiger partial charge on any atom is -0.399 e. The first-order valence-electron chi connectivity index (χ1n) is 6.66. The highest BCUT2D eigenvalue weighted by molar-refractivity contribution is 6.17. The molecule has 104 valence electrons. The Hall–Kier alpha value is -2.68. The van der Waals surface area contributed by atoms with Crippen LogP contribution in [0.2, 0.25) is 0 Å². The maximum absolute atomic E-state index is 13.8. The molecule has 0 aliphatic carbocycles. The van der Waals surface area contributed by atoms with Crippen molar-refractivity contribution in [1.29, 1.82) is 0 Å². The van der Waals surface area contributed by atoms with Crippen LogP contribution >= 0.6 is 0 Å². The van der Waals surface area contributed by atoms with Gasteiger partial charge in [-0.2, -0.15) is 0 Å². The number of nitrogen functional groups attached to an aromatic ring is 1. The van der Waals surface area contributed by atoms with E-state index in [1.54, 1.807) is 36.4 Å². The van der Waals surface area contributed by atoms with Crippen LogP contribution in [-0.2, 0) is 0 Å². The van der Waals surface area contributed by atoms with Crippen LogP contribution < -0.4 is 5.73 Å². The third-order valence-corrected chi connectivity index (χ3v) is 3.62. The first kappa shape index (κ1) is 13.3. The fraction of sp³-hybridized carbons (Fsp3) is 0.0556. The lowest BCUT2D eigenvalue weighted by Crippen LogP contribution is -2.06. The first-order chi connectivity index (χ1) is 10.1. The predicted octanol–water partition coefficient (Wildman–Crippen LogP) is 4.10. The lowest BCUT2D eigenvalue weighted by Gasteiger charge is -2.09. The maximum Gasteiger partial charge on any atom is 0.193 e. The number of anilines is 1. The van der Waals surface area contributed by atoms with Gasteiger partial charge in [-0.25, -0.2) is 4.39 Å². The third kappa shape index (κ3) is 2.27. The van der Waals surface area contributed by atoms with E-state index in [1.807, 2.05) is 13.0 Å². The van der Waals surface area contributed by atoms with E-state index in [2.05, 4.69) is 0 Å². The van der Waals surface area contributed by atoms with Gasteiger partial charge in [0.25, 0.3) is 0 Å². The maximum atomic E-state index is 13.8. The molecule has 0 aliphatic heterocycles. The summed E-state index contributed by atoms with van der Waals surface area (Å²) < 4.78 is 13.8. The number of carbonyl (C=O) groups is 1. The Kier molecular flexibility index (Phi) is 3.18. The molecular weight excluding hydrogens is 265 g/mol. The van der Waals surface area contributed by atoms with Crippen LogP contribution in [0.4, 0.5) is 10.1 Å². The summed E-state index contributed by atoms with van der Waals surface area (Å²) in [6.45, 7) is 1.86. The van der Waals surface area contributed by atoms with E-state index in [-0.39, 0.29) is 11.6 Å². The van der Waals surface area contributed by atoms with Crippen molar-refractivity contribution < 1.29 is 9.18 Å². The summed E-state index contributed by atoms with van der Waals surface area (Å²) in [5.74, 6) is -0.470. The van der Waals surface area contributed by atoms with Crippen molar-refractivity contribution in [3.63, 3.8) is 0 Å². The number of hydrogen-bond acceptors (Lipinski definition) is 2. The summed E-state index contributed by atoms with van der Waals surface area (Å²) >= 11 is 0. The van der Waals surface area contributed by atoms with Crippen molar-refractivity contribution in [2.24, 2.45) is 0 Å². The Labute approximate surface area is 122 Å². The molecule has 2 nitrogen and oxygen atoms in total. The lowest BCUT2D eigenvalue weighted by atomic mass is 9.94. The smallest absolute Gasteiger partial charge is 0.193 e. The van der Waals surface area contributed by atoms with Crippen molar-refractivity contribution in [2.45, 2.75) is 6.92 Å². The number of rotatable bonds is 2. The Morgan fingerprint density at radius 2 is 1.67 bits per heavy atom. The molecular formula is C18H14FNO. The quantitative estimate of drug-likeness (QED) is 0.567. The number of hydrogen-bond donors (Lipinski definition) is 1. The number of carbonyl (C=O) groups excluding carboxylic acids is 1. The zero-order valence-electron chi connectivity index (χ0n) is 11.6. The molecule has 0 radical (unpaired) electrons. The Bertz CT molecular complexity index is 855. The summed E-state index contributed by atoms with van der Waals surface area (Å²) in [6.07, 6.45) is 0. The average molecular weight is 279 g/mol. The zero-order valence-corrected chi connectivity index (χ0v) is 11.6. The minimum absolute atomic E-state index is 0.143. The Balaban J connectivity index is 2.23. The highest BCUT2D eigenvalue weighted by Crippen LogP contribution is 2.25. The van der Waals surface area contributed by atoms with Crippen molar-refractivity contribution >= 4 is 22.2 Å². The Morgan fingerprint density at radius 3 is 2.43 bits per heavy atom. The molecule has 3 heteroatoms. The van der Waals surface area contributed by atoms with E-state index in [9.17, 15) is 9.18 Å². The number of aryl methyl sites for hydroxylation is 1. The number of nitrogens with two attached hydrogens (primary N) is 1. The van der Waals surface area contributed by atoms with Crippen LogP contribution in [0, 0.1) is 12.7 Å². The van der Waals surface area contributed by atoms with Crippen LogP contribution in [0.1, 0.15) is 21.5 Å². The zero-order chi connectivity index (χ0) is 15.0. The molecule has 0 amide bonds. The van der Waals surface area contributed by atoms with Crippen molar-refractivity contribution in [3.8, 4) is 0 Å². The molecule has 0 bridgehead atoms. The number of fused-ring (bicyclic) bond motifs is 1. The molecule has 2 N–H and O–H groups in total. The van der Waals surface area contributed by atoms with Crippen molar-refractivity contribution in [1.82, 2.24) is 0 Å². The first-order valence-corrected chi connectivity index (χ1v) is 6.66. The summed E-state index contributed by atoms with van der Waals surface area (Å²) in [7, 11) is 0. The molecule has 21 heavy (non-hydrogen) atoms. The van der Waals surface area contributed by atoms with Gasteiger partial charge >= 0.3 is 0 Å². The van der Waals surface area contributed by atoms with Crippen molar-refractivity contribution in [3.05, 3.63) is 77.1 Å². The fourth-order valence-corrected chi connectivity index (χ4v) is 2.49. The van der Waals surface area contributed by atoms with E-state index in [4.69, 9.17) is 5.73 Å². The Morgan fingerprint density at radius 1 is 0.952 bits per heavy atom. The summed E-state index contributed by atoms with van der Waals surface area (Å²) in [4.78, 5) is 12.8. The van der Waals surface area contributed by atoms with Gasteiger partial charge in [0.1, 0.15) is 5.82 Å². The van der Waals surface area contributed by atoms with Gasteiger partial charge in [-0.3, -0.25) is 4.79 Å². The SMILES string of the molecule is Cc1ccc(N)cc1C(=O)c1ccc(F)c2ccccc12. The highest BCUT2D eigenvalue weighted by Gasteiger charge is 2.16. The molecule has 0 aromatic heterocycles. The van der Waals surface area contributed by atoms with E-state index >= 15 is 0 Å². The van der Waals surface area contributed by atoms with Crippen LogP contribution in [-0.4, -0.2) is 5.78 Å². The lowest BCUT2D eigenvalue weighted by molar-refractivity contribution is 0.103. The van der Waals surface area contributed by atoms with Gasteiger partial charge in [0.15, 0.2) is 5.78 Å². The average Bonchev–Trinajstić information content (AvgIpc) is 2.50. The van der Waals surface area contributed by atoms with Crippen LogP contribution in [0.5, 0.6) is 0 Å². The molecule has 0 fully saturated rings. The normalized spacial score (nSPS) is 10.8. The van der Waals surface area contributed by atoms with Gasteiger partial charge < -0.3 is 5.73 Å². The molecule has 3 rings (SSSR count). The number of halogens is 1. The monoisotopic (exact) mass is 279 g/mol. The van der Waals surface area contributed by atoms with E-state index in [1.165, 1.54) is 12.1 Å². The van der Waals surface area contributed by atoms with Crippen LogP contribution in [0.15, 0.2) is 54.6 Å². The second-order valence-corrected chi connectivity index (χ2v) is 5.04. The second-order valence-electron chi connectivity index (χ2n) is 5.04. The molecule has 3 aromatic carbocycles. The topological polar surface area (TPSA) is 43.1 Å². The molecule has 0 heterocycles. The van der Waals surface area contributed by atoms with Gasteiger partial charge in [0.2, 0.25) is 0 Å². The van der Waals surface area contributed by atoms with Crippen molar-refractivity contribution in [2.75, 3.05) is 5.73 Å². The summed E-state index contributed by atoms with van der Waals surface area (Å²) in [6, 6.07) is 15.1. The molecule has 0 unspecified atom stereocenters. The standard InChI is InChI=1S/C18H14FNO/c1-11-6-7-12(20)10-16(11)18(21)15-8-9-17(19)14-5-3-2-4-13(14)15/h2-10H,20H2,1H3. The van der Waals surface area contributed by atoms with Gasteiger partial charge in [-0.1, -0.05) is 30.3 Å². The molecule has 0 saturated carbocycles. The predicted molar refractivity (Wildman–Crippen MR) is 82.9 cm³/mol. The van der Waals surface area contributed by atoms with Crippen LogP contribution in [0.25, 0.3) is 10.8 Å². The largest absolute Gasteiger partial charge is 0.399 e. The molecule has 0 saturated heterocycles.